The molecule has 1 aromatic carbocycles. The molecule has 1 heterocycles. The number of aromatic nitrogens is 2. The first-order chi connectivity index (χ1) is 13.5. The van der Waals surface area contributed by atoms with Crippen molar-refractivity contribution in [1.82, 2.24) is 20.4 Å². The second-order valence-corrected chi connectivity index (χ2v) is 7.40. The third-order valence-corrected chi connectivity index (χ3v) is 5.52. The lowest BCUT2D eigenvalue weighted by molar-refractivity contribution is 0.0900. The SMILES string of the molecule is CNC(=O)c1cc(C(=O)NC2CCC(CO)CC2)n([C@@H](C)c2ccccc2)n1. The summed E-state index contributed by atoms with van der Waals surface area (Å²) in [7, 11) is 1.54. The molecule has 0 spiro atoms. The normalized spacial score (nSPS) is 20.4. The van der Waals surface area contributed by atoms with Gasteiger partial charge in [-0.2, -0.15) is 5.10 Å². The molecule has 3 rings (SSSR count). The van der Waals surface area contributed by atoms with Crippen molar-refractivity contribution in [2.75, 3.05) is 13.7 Å². The molecule has 1 saturated carbocycles. The molecule has 0 aliphatic heterocycles. The molecule has 1 aliphatic carbocycles. The summed E-state index contributed by atoms with van der Waals surface area (Å²) in [5.41, 5.74) is 1.60. The summed E-state index contributed by atoms with van der Waals surface area (Å²) in [6.45, 7) is 2.16. The van der Waals surface area contributed by atoms with Crippen molar-refractivity contribution in [3.63, 3.8) is 0 Å². The first-order valence-corrected chi connectivity index (χ1v) is 9.81. The Morgan fingerprint density at radius 1 is 1.18 bits per heavy atom. The summed E-state index contributed by atoms with van der Waals surface area (Å²) in [4.78, 5) is 25.1. The van der Waals surface area contributed by atoms with Gasteiger partial charge in [0.25, 0.3) is 11.8 Å². The highest BCUT2D eigenvalue weighted by Gasteiger charge is 2.26. The molecule has 7 nitrogen and oxygen atoms in total. The Morgan fingerprint density at radius 2 is 1.86 bits per heavy atom. The number of aliphatic hydroxyl groups is 1. The molecule has 150 valence electrons. The highest BCUT2D eigenvalue weighted by molar-refractivity contribution is 5.98. The Bertz CT molecular complexity index is 810. The van der Waals surface area contributed by atoms with Gasteiger partial charge in [-0.25, -0.2) is 0 Å². The van der Waals surface area contributed by atoms with E-state index in [1.165, 1.54) is 0 Å². The van der Waals surface area contributed by atoms with Crippen LogP contribution in [0.5, 0.6) is 0 Å². The summed E-state index contributed by atoms with van der Waals surface area (Å²) < 4.78 is 1.62. The Kier molecular flexibility index (Phi) is 6.46. The Hall–Kier alpha value is -2.67. The molecule has 28 heavy (non-hydrogen) atoms. The summed E-state index contributed by atoms with van der Waals surface area (Å²) in [6.07, 6.45) is 3.51. The van der Waals surface area contributed by atoms with E-state index in [1.54, 1.807) is 17.8 Å². The number of rotatable bonds is 6. The third-order valence-electron chi connectivity index (χ3n) is 5.52. The van der Waals surface area contributed by atoms with E-state index in [-0.39, 0.29) is 36.2 Å². The van der Waals surface area contributed by atoms with E-state index in [0.717, 1.165) is 31.2 Å². The monoisotopic (exact) mass is 384 g/mol. The van der Waals surface area contributed by atoms with Gasteiger partial charge < -0.3 is 15.7 Å². The van der Waals surface area contributed by atoms with Gasteiger partial charge in [0.05, 0.1) is 6.04 Å². The zero-order chi connectivity index (χ0) is 20.1. The number of hydrogen-bond acceptors (Lipinski definition) is 4. The number of aliphatic hydroxyl groups excluding tert-OH is 1. The van der Waals surface area contributed by atoms with E-state index in [1.807, 2.05) is 37.3 Å². The van der Waals surface area contributed by atoms with Crippen molar-refractivity contribution >= 4 is 11.8 Å². The largest absolute Gasteiger partial charge is 0.396 e. The molecule has 2 amide bonds. The van der Waals surface area contributed by atoms with Crippen molar-refractivity contribution in [2.45, 2.75) is 44.7 Å². The number of nitrogens with zero attached hydrogens (tertiary/aromatic N) is 2. The maximum absolute atomic E-state index is 13.0. The molecule has 0 radical (unpaired) electrons. The lowest BCUT2D eigenvalue weighted by atomic mass is 9.86. The molecular weight excluding hydrogens is 356 g/mol. The van der Waals surface area contributed by atoms with Gasteiger partial charge >= 0.3 is 0 Å². The number of carbonyl (C=O) groups is 2. The fraction of sp³-hybridized carbons (Fsp3) is 0.476. The topological polar surface area (TPSA) is 96.3 Å². The number of carbonyl (C=O) groups excluding carboxylic acids is 2. The maximum Gasteiger partial charge on any atom is 0.271 e. The van der Waals surface area contributed by atoms with Crippen LogP contribution in [0.3, 0.4) is 0 Å². The van der Waals surface area contributed by atoms with E-state index in [0.29, 0.717) is 11.6 Å². The average Bonchev–Trinajstić information content (AvgIpc) is 3.19. The molecule has 0 saturated heterocycles. The molecule has 1 fully saturated rings. The summed E-state index contributed by atoms with van der Waals surface area (Å²) >= 11 is 0. The average molecular weight is 384 g/mol. The molecule has 1 aromatic heterocycles. The quantitative estimate of drug-likeness (QED) is 0.711. The molecule has 1 atom stereocenters. The van der Waals surface area contributed by atoms with E-state index in [4.69, 9.17) is 0 Å². The third kappa shape index (κ3) is 4.42. The van der Waals surface area contributed by atoms with E-state index in [9.17, 15) is 14.7 Å². The van der Waals surface area contributed by atoms with Crippen LogP contribution in [0.4, 0.5) is 0 Å². The second kappa shape index (κ2) is 9.01. The van der Waals surface area contributed by atoms with Crippen molar-refractivity contribution in [3.05, 3.63) is 53.3 Å². The van der Waals surface area contributed by atoms with Crippen LogP contribution < -0.4 is 10.6 Å². The number of amides is 2. The van der Waals surface area contributed by atoms with Gasteiger partial charge in [-0.3, -0.25) is 14.3 Å². The Labute approximate surface area is 165 Å². The minimum atomic E-state index is -0.323. The van der Waals surface area contributed by atoms with Gasteiger partial charge in [-0.05, 0) is 44.1 Å². The van der Waals surface area contributed by atoms with Crippen LogP contribution in [0.1, 0.15) is 65.2 Å². The number of nitrogens with one attached hydrogen (secondary N) is 2. The zero-order valence-corrected chi connectivity index (χ0v) is 16.4. The minimum Gasteiger partial charge on any atom is -0.396 e. The standard InChI is InChI=1S/C21H28N4O3/c1-14(16-6-4-3-5-7-16)25-19(12-18(24-25)20(27)22-2)21(28)23-17-10-8-15(13-26)9-11-17/h3-7,12,14-15,17,26H,8-11,13H2,1-2H3,(H,22,27)(H,23,28)/t14-,15?,17?/m0/s1. The molecule has 3 N–H and O–H groups in total. The first kappa shape index (κ1) is 20.1. The molecule has 0 unspecified atom stereocenters. The van der Waals surface area contributed by atoms with E-state index in [2.05, 4.69) is 15.7 Å². The predicted octanol–water partition coefficient (Wildman–Crippen LogP) is 2.13. The van der Waals surface area contributed by atoms with Crippen LogP contribution in [0.2, 0.25) is 0 Å². The highest BCUT2D eigenvalue weighted by atomic mass is 16.3. The van der Waals surface area contributed by atoms with Gasteiger partial charge in [0.2, 0.25) is 0 Å². The number of benzene rings is 1. The number of hydrogen-bond donors (Lipinski definition) is 3. The first-order valence-electron chi connectivity index (χ1n) is 9.81. The minimum absolute atomic E-state index is 0.0779. The summed E-state index contributed by atoms with van der Waals surface area (Å²) in [5.74, 6) is -0.217. The van der Waals surface area contributed by atoms with Crippen molar-refractivity contribution < 1.29 is 14.7 Å². The van der Waals surface area contributed by atoms with Crippen molar-refractivity contribution in [2.24, 2.45) is 5.92 Å². The molecule has 0 bridgehead atoms. The van der Waals surface area contributed by atoms with Gasteiger partial charge in [-0.1, -0.05) is 30.3 Å². The van der Waals surface area contributed by atoms with Gasteiger partial charge in [0.1, 0.15) is 5.69 Å². The fourth-order valence-corrected chi connectivity index (χ4v) is 3.72. The lowest BCUT2D eigenvalue weighted by Gasteiger charge is -2.28. The van der Waals surface area contributed by atoms with E-state index >= 15 is 0 Å². The van der Waals surface area contributed by atoms with Crippen LogP contribution in [-0.2, 0) is 0 Å². The fourth-order valence-electron chi connectivity index (χ4n) is 3.72. The smallest absolute Gasteiger partial charge is 0.271 e. The van der Waals surface area contributed by atoms with Crippen LogP contribution >= 0.6 is 0 Å². The Balaban J connectivity index is 1.83. The van der Waals surface area contributed by atoms with Crippen LogP contribution in [0.25, 0.3) is 0 Å². The highest BCUT2D eigenvalue weighted by Crippen LogP contribution is 2.25. The second-order valence-electron chi connectivity index (χ2n) is 7.40. The molecule has 7 heteroatoms. The molecular formula is C21H28N4O3. The molecule has 2 aromatic rings. The van der Waals surface area contributed by atoms with Crippen LogP contribution in [0.15, 0.2) is 36.4 Å². The van der Waals surface area contributed by atoms with Crippen molar-refractivity contribution in [3.8, 4) is 0 Å². The van der Waals surface area contributed by atoms with Gasteiger partial charge in [0, 0.05) is 25.8 Å². The van der Waals surface area contributed by atoms with Crippen molar-refractivity contribution in [1.29, 1.82) is 0 Å². The Morgan fingerprint density at radius 3 is 2.46 bits per heavy atom. The summed E-state index contributed by atoms with van der Waals surface area (Å²) in [6, 6.07) is 11.2. The van der Waals surface area contributed by atoms with E-state index < -0.39 is 0 Å². The summed E-state index contributed by atoms with van der Waals surface area (Å²) in [5, 5.41) is 19.3. The predicted molar refractivity (Wildman–Crippen MR) is 106 cm³/mol. The van der Waals surface area contributed by atoms with Crippen LogP contribution in [-0.4, -0.2) is 46.4 Å². The van der Waals surface area contributed by atoms with Gasteiger partial charge in [-0.15, -0.1) is 0 Å². The molecule has 1 aliphatic rings. The maximum atomic E-state index is 13.0. The zero-order valence-electron chi connectivity index (χ0n) is 16.4. The van der Waals surface area contributed by atoms with Crippen LogP contribution in [0, 0.1) is 5.92 Å². The lowest BCUT2D eigenvalue weighted by Crippen LogP contribution is -2.39. The van der Waals surface area contributed by atoms with Gasteiger partial charge in [0.15, 0.2) is 5.69 Å².